The lowest BCUT2D eigenvalue weighted by atomic mass is 9.86. The zero-order valence-corrected chi connectivity index (χ0v) is 11.1. The molecule has 2 N–H and O–H groups in total. The molecule has 4 heteroatoms. The summed E-state index contributed by atoms with van der Waals surface area (Å²) in [5.41, 5.74) is 6.46. The normalized spacial score (nSPS) is 24.2. The van der Waals surface area contributed by atoms with Gasteiger partial charge in [-0.2, -0.15) is 0 Å². The highest BCUT2D eigenvalue weighted by atomic mass is 35.5. The Hall–Kier alpha value is -0.640. The Morgan fingerprint density at radius 3 is 2.89 bits per heavy atom. The maximum absolute atomic E-state index is 13.3. The summed E-state index contributed by atoms with van der Waals surface area (Å²) < 4.78 is 19.2. The van der Waals surface area contributed by atoms with E-state index in [0.29, 0.717) is 24.6 Å². The molecule has 0 aromatic heterocycles. The van der Waals surface area contributed by atoms with E-state index in [4.69, 9.17) is 22.1 Å². The smallest absolute Gasteiger partial charge is 0.142 e. The fraction of sp³-hybridized carbons (Fsp3) is 0.571. The van der Waals surface area contributed by atoms with E-state index in [1.54, 1.807) is 12.1 Å². The first-order chi connectivity index (χ1) is 8.72. The molecule has 0 spiro atoms. The Labute approximate surface area is 112 Å². The Bertz CT molecular complexity index is 399. The minimum absolute atomic E-state index is 0.164. The van der Waals surface area contributed by atoms with Gasteiger partial charge in [-0.3, -0.25) is 0 Å². The van der Waals surface area contributed by atoms with Gasteiger partial charge < -0.3 is 10.5 Å². The van der Waals surface area contributed by atoms with Crippen molar-refractivity contribution in [3.63, 3.8) is 0 Å². The minimum atomic E-state index is -0.392. The summed E-state index contributed by atoms with van der Waals surface area (Å²) in [6.07, 6.45) is 4.75. The number of benzene rings is 1. The zero-order chi connectivity index (χ0) is 13.0. The second kappa shape index (κ2) is 6.50. The van der Waals surface area contributed by atoms with Gasteiger partial charge in [0.25, 0.3) is 0 Å². The SMILES string of the molecule is NCC1CCCCC1OCc1cccc(F)c1Cl. The number of halogens is 2. The molecule has 1 aromatic rings. The standard InChI is InChI=1S/C14H19ClFNO/c15-14-11(5-3-6-12(14)16)9-18-13-7-2-1-4-10(13)8-17/h3,5-6,10,13H,1-2,4,7-9,17H2. The lowest BCUT2D eigenvalue weighted by Crippen LogP contribution is -2.33. The molecule has 1 aliphatic rings. The molecule has 100 valence electrons. The lowest BCUT2D eigenvalue weighted by molar-refractivity contribution is -0.0183. The van der Waals surface area contributed by atoms with Crippen LogP contribution in [0, 0.1) is 11.7 Å². The molecule has 1 saturated carbocycles. The van der Waals surface area contributed by atoms with Gasteiger partial charge in [0.1, 0.15) is 5.82 Å². The average Bonchev–Trinajstić information content (AvgIpc) is 2.41. The van der Waals surface area contributed by atoms with Gasteiger partial charge in [-0.25, -0.2) is 4.39 Å². The third-order valence-electron chi connectivity index (χ3n) is 3.63. The van der Waals surface area contributed by atoms with Crippen molar-refractivity contribution in [2.75, 3.05) is 6.54 Å². The monoisotopic (exact) mass is 271 g/mol. The van der Waals surface area contributed by atoms with E-state index in [0.717, 1.165) is 12.8 Å². The fourth-order valence-electron chi connectivity index (χ4n) is 2.52. The summed E-state index contributed by atoms with van der Waals surface area (Å²) in [6.45, 7) is 1.01. The molecule has 0 radical (unpaired) electrons. The highest BCUT2D eigenvalue weighted by Gasteiger charge is 2.24. The van der Waals surface area contributed by atoms with E-state index in [9.17, 15) is 4.39 Å². The van der Waals surface area contributed by atoms with Crippen LogP contribution in [-0.2, 0) is 11.3 Å². The summed E-state index contributed by atoms with van der Waals surface area (Å²) >= 11 is 5.90. The molecule has 0 amide bonds. The molecule has 0 saturated heterocycles. The predicted octanol–water partition coefficient (Wildman–Crippen LogP) is 3.51. The van der Waals surface area contributed by atoms with Crippen LogP contribution >= 0.6 is 11.6 Å². The molecule has 2 atom stereocenters. The van der Waals surface area contributed by atoms with Gasteiger partial charge in [0.2, 0.25) is 0 Å². The summed E-state index contributed by atoms with van der Waals surface area (Å²) in [6, 6.07) is 4.81. The van der Waals surface area contributed by atoms with Crippen LogP contribution in [0.3, 0.4) is 0 Å². The molecule has 0 bridgehead atoms. The number of rotatable bonds is 4. The highest BCUT2D eigenvalue weighted by Crippen LogP contribution is 2.28. The number of nitrogens with two attached hydrogens (primary N) is 1. The van der Waals surface area contributed by atoms with Gasteiger partial charge in [-0.15, -0.1) is 0 Å². The van der Waals surface area contributed by atoms with Crippen molar-refractivity contribution in [2.45, 2.75) is 38.4 Å². The van der Waals surface area contributed by atoms with Crippen molar-refractivity contribution >= 4 is 11.6 Å². The first-order valence-corrected chi connectivity index (χ1v) is 6.84. The molecule has 1 aromatic carbocycles. The van der Waals surface area contributed by atoms with Gasteiger partial charge in [0.15, 0.2) is 0 Å². The third kappa shape index (κ3) is 3.22. The van der Waals surface area contributed by atoms with Crippen LogP contribution in [0.15, 0.2) is 18.2 Å². The van der Waals surface area contributed by atoms with Crippen LogP contribution < -0.4 is 5.73 Å². The molecular weight excluding hydrogens is 253 g/mol. The van der Waals surface area contributed by atoms with Crippen LogP contribution in [0.2, 0.25) is 5.02 Å². The highest BCUT2D eigenvalue weighted by molar-refractivity contribution is 6.31. The second-order valence-corrected chi connectivity index (χ2v) is 5.22. The molecule has 1 fully saturated rings. The van der Waals surface area contributed by atoms with E-state index < -0.39 is 5.82 Å². The van der Waals surface area contributed by atoms with Gasteiger partial charge in [-0.1, -0.05) is 36.6 Å². The quantitative estimate of drug-likeness (QED) is 0.909. The maximum Gasteiger partial charge on any atom is 0.142 e. The molecule has 0 heterocycles. The van der Waals surface area contributed by atoms with Crippen LogP contribution in [0.5, 0.6) is 0 Å². The summed E-state index contributed by atoms with van der Waals surface area (Å²) in [5.74, 6) is 0.0304. The van der Waals surface area contributed by atoms with E-state index in [2.05, 4.69) is 0 Å². The van der Waals surface area contributed by atoms with E-state index in [-0.39, 0.29) is 11.1 Å². The predicted molar refractivity (Wildman–Crippen MR) is 71.0 cm³/mol. The molecule has 2 nitrogen and oxygen atoms in total. The number of ether oxygens (including phenoxy) is 1. The van der Waals surface area contributed by atoms with Gasteiger partial charge in [-0.05, 0) is 36.9 Å². The van der Waals surface area contributed by atoms with Crippen molar-refractivity contribution in [1.82, 2.24) is 0 Å². The van der Waals surface area contributed by atoms with Crippen molar-refractivity contribution in [3.05, 3.63) is 34.6 Å². The van der Waals surface area contributed by atoms with Crippen LogP contribution in [0.4, 0.5) is 4.39 Å². The van der Waals surface area contributed by atoms with Gasteiger partial charge in [0.05, 0.1) is 17.7 Å². The van der Waals surface area contributed by atoms with Crippen molar-refractivity contribution in [1.29, 1.82) is 0 Å². The second-order valence-electron chi connectivity index (χ2n) is 4.84. The Morgan fingerprint density at radius 2 is 2.11 bits per heavy atom. The van der Waals surface area contributed by atoms with E-state index >= 15 is 0 Å². The summed E-state index contributed by atoms with van der Waals surface area (Å²) in [7, 11) is 0. The largest absolute Gasteiger partial charge is 0.373 e. The summed E-state index contributed by atoms with van der Waals surface area (Å²) in [5, 5.41) is 0.164. The van der Waals surface area contributed by atoms with Crippen molar-refractivity contribution in [3.8, 4) is 0 Å². The van der Waals surface area contributed by atoms with Gasteiger partial charge >= 0.3 is 0 Å². The summed E-state index contributed by atoms with van der Waals surface area (Å²) in [4.78, 5) is 0. The Kier molecular flexibility index (Phi) is 4.98. The first-order valence-electron chi connectivity index (χ1n) is 6.47. The lowest BCUT2D eigenvalue weighted by Gasteiger charge is -2.30. The minimum Gasteiger partial charge on any atom is -0.373 e. The number of hydrogen-bond acceptors (Lipinski definition) is 2. The zero-order valence-electron chi connectivity index (χ0n) is 10.4. The van der Waals surface area contributed by atoms with Crippen molar-refractivity contribution in [2.24, 2.45) is 11.7 Å². The first kappa shape index (κ1) is 13.8. The van der Waals surface area contributed by atoms with Crippen molar-refractivity contribution < 1.29 is 9.13 Å². The average molecular weight is 272 g/mol. The van der Waals surface area contributed by atoms with Crippen LogP contribution in [-0.4, -0.2) is 12.6 Å². The molecule has 1 aliphatic carbocycles. The maximum atomic E-state index is 13.3. The molecular formula is C14H19ClFNO. The molecule has 2 unspecified atom stereocenters. The van der Waals surface area contributed by atoms with Crippen LogP contribution in [0.25, 0.3) is 0 Å². The third-order valence-corrected chi connectivity index (χ3v) is 4.05. The Morgan fingerprint density at radius 1 is 1.33 bits per heavy atom. The van der Waals surface area contributed by atoms with Gasteiger partial charge in [0, 0.05) is 0 Å². The molecule has 18 heavy (non-hydrogen) atoms. The fourth-order valence-corrected chi connectivity index (χ4v) is 2.70. The van der Waals surface area contributed by atoms with E-state index in [1.165, 1.54) is 18.9 Å². The molecule has 0 aliphatic heterocycles. The number of hydrogen-bond donors (Lipinski definition) is 1. The topological polar surface area (TPSA) is 35.2 Å². The van der Waals surface area contributed by atoms with Crippen LogP contribution in [0.1, 0.15) is 31.2 Å². The Balaban J connectivity index is 1.96. The van der Waals surface area contributed by atoms with E-state index in [1.807, 2.05) is 0 Å². The molecule has 2 rings (SSSR count).